The van der Waals surface area contributed by atoms with Crippen molar-refractivity contribution >= 4 is 29.2 Å². The van der Waals surface area contributed by atoms with Crippen LogP contribution in [0.25, 0.3) is 0 Å². The van der Waals surface area contributed by atoms with E-state index in [9.17, 15) is 14.7 Å². The lowest BCUT2D eigenvalue weighted by atomic mass is 9.70. The molecule has 2 aliphatic rings. The summed E-state index contributed by atoms with van der Waals surface area (Å²) in [7, 11) is 3.11. The molecule has 0 saturated heterocycles. The third-order valence-corrected chi connectivity index (χ3v) is 9.77. The van der Waals surface area contributed by atoms with Crippen LogP contribution in [0, 0.1) is 17.8 Å². The van der Waals surface area contributed by atoms with Gasteiger partial charge in [-0.25, -0.2) is 0 Å². The summed E-state index contributed by atoms with van der Waals surface area (Å²) in [6, 6.07) is 11.9. The van der Waals surface area contributed by atoms with E-state index in [1.54, 1.807) is 18.0 Å². The molecule has 0 bridgehead atoms. The van der Waals surface area contributed by atoms with Crippen LogP contribution in [-0.2, 0) is 20.7 Å². The van der Waals surface area contributed by atoms with Crippen LogP contribution < -0.4 is 9.64 Å². The summed E-state index contributed by atoms with van der Waals surface area (Å²) in [6.45, 7) is 14.2. The van der Waals surface area contributed by atoms with Crippen molar-refractivity contribution in [2.75, 3.05) is 45.3 Å². The zero-order valence-electron chi connectivity index (χ0n) is 27.2. The van der Waals surface area contributed by atoms with Crippen molar-refractivity contribution in [1.29, 1.82) is 0 Å². The average molecular weight is 637 g/mol. The number of fused-ring (bicyclic) bond motifs is 1. The molecule has 1 heterocycles. The molecule has 45 heavy (non-hydrogen) atoms. The first-order valence-electron chi connectivity index (χ1n) is 16.1. The number of aryl methyl sites for hydroxylation is 1. The van der Waals surface area contributed by atoms with E-state index in [4.69, 9.17) is 21.1 Å². The van der Waals surface area contributed by atoms with Crippen LogP contribution in [0.3, 0.4) is 0 Å². The van der Waals surface area contributed by atoms with Crippen LogP contribution >= 0.6 is 11.6 Å². The number of amides is 1. The van der Waals surface area contributed by atoms with Crippen molar-refractivity contribution in [1.82, 2.24) is 4.90 Å². The quantitative estimate of drug-likeness (QED) is 0.182. The molecule has 1 amide bonds. The van der Waals surface area contributed by atoms with Gasteiger partial charge in [0.05, 0.1) is 31.4 Å². The monoisotopic (exact) mass is 636 g/mol. The normalized spacial score (nSPS) is 21.2. The van der Waals surface area contributed by atoms with Crippen molar-refractivity contribution in [3.8, 4) is 5.75 Å². The molecule has 2 aromatic carbocycles. The maximum Gasteiger partial charge on any atom is 0.313 e. The zero-order valence-corrected chi connectivity index (χ0v) is 28.0. The third kappa shape index (κ3) is 8.30. The van der Waals surface area contributed by atoms with E-state index >= 15 is 0 Å². The molecular formula is C37H49ClN2O5. The number of rotatable bonds is 14. The molecule has 1 aliphatic heterocycles. The number of carbonyl (C=O) groups excluding carboxylic acids is 2. The summed E-state index contributed by atoms with van der Waals surface area (Å²) in [6.07, 6.45) is 6.80. The Labute approximate surface area is 273 Å². The molecule has 0 spiro atoms. The number of nitrogens with zero attached hydrogens (tertiary/aromatic N) is 2. The fraction of sp³-hybridized carbons (Fsp3) is 0.514. The Morgan fingerprint density at radius 2 is 1.98 bits per heavy atom. The molecule has 7 nitrogen and oxygen atoms in total. The van der Waals surface area contributed by atoms with E-state index in [0.717, 1.165) is 48.7 Å². The number of esters is 1. The molecule has 1 fully saturated rings. The Kier molecular flexibility index (Phi) is 12.2. The first kappa shape index (κ1) is 34.6. The Morgan fingerprint density at radius 3 is 2.62 bits per heavy atom. The van der Waals surface area contributed by atoms with E-state index in [2.05, 4.69) is 37.1 Å². The second kappa shape index (κ2) is 15.8. The number of methoxy groups -OCH3 is 1. The number of aliphatic hydroxyl groups is 1. The summed E-state index contributed by atoms with van der Waals surface area (Å²) in [5, 5.41) is 11.3. The average Bonchev–Trinajstić information content (AvgIpc) is 3.20. The van der Waals surface area contributed by atoms with Gasteiger partial charge < -0.3 is 24.4 Å². The molecule has 244 valence electrons. The van der Waals surface area contributed by atoms with Gasteiger partial charge in [-0.2, -0.15) is 0 Å². The predicted octanol–water partition coefficient (Wildman–Crippen LogP) is 6.78. The first-order valence-corrected chi connectivity index (χ1v) is 16.5. The number of halogens is 1. The summed E-state index contributed by atoms with van der Waals surface area (Å²) >= 11 is 6.41. The largest absolute Gasteiger partial charge is 0.491 e. The molecule has 8 heteroatoms. The van der Waals surface area contributed by atoms with Crippen molar-refractivity contribution in [3.63, 3.8) is 0 Å². The maximum atomic E-state index is 13.2. The van der Waals surface area contributed by atoms with Gasteiger partial charge in [0.25, 0.3) is 0 Å². The molecule has 1 N–H and O–H groups in total. The summed E-state index contributed by atoms with van der Waals surface area (Å²) in [5.41, 5.74) is 4.05. The van der Waals surface area contributed by atoms with Crippen molar-refractivity contribution in [2.45, 2.75) is 63.9 Å². The van der Waals surface area contributed by atoms with E-state index in [1.165, 1.54) is 18.2 Å². The predicted molar refractivity (Wildman–Crippen MR) is 181 cm³/mol. The third-order valence-electron chi connectivity index (χ3n) is 9.54. The number of anilines is 1. The van der Waals surface area contributed by atoms with E-state index in [0.29, 0.717) is 25.3 Å². The fourth-order valence-corrected chi connectivity index (χ4v) is 6.89. The number of ether oxygens (including phenoxy) is 2. The lowest BCUT2D eigenvalue weighted by molar-refractivity contribution is -0.145. The molecule has 1 aliphatic carbocycles. The molecule has 6 atom stereocenters. The standard InChI is InChI=1S/C37H49ClN2O5/c1-7-10-25-17-29(38)13-15-30(25)28-22-40(21-27-11-14-31(27)34(41)9-3)33-18-26(12-16-35(33)45-23-28)32(37(43)44-6)19-36(42)39(5)20-24(4)8-2/h8-9,12-13,15-18,24,27-28,31-32,34,41H,2-3,7,10-11,14,19-23H2,1,4-6H3/t24-,27?,28?,31?,32?,34?/m1/s1. The fourth-order valence-electron chi connectivity index (χ4n) is 6.69. The molecule has 0 radical (unpaired) electrons. The first-order chi connectivity index (χ1) is 21.6. The van der Waals surface area contributed by atoms with Crippen molar-refractivity contribution < 1.29 is 24.2 Å². The molecule has 2 aromatic rings. The van der Waals surface area contributed by atoms with Gasteiger partial charge in [0, 0.05) is 44.0 Å². The van der Waals surface area contributed by atoms with Gasteiger partial charge in [0.1, 0.15) is 5.75 Å². The second-order valence-electron chi connectivity index (χ2n) is 12.7. The van der Waals surface area contributed by atoms with Gasteiger partial charge in [-0.05, 0) is 78.0 Å². The van der Waals surface area contributed by atoms with Gasteiger partial charge in [0.2, 0.25) is 5.91 Å². The number of aliphatic hydroxyl groups excluding tert-OH is 1. The lowest BCUT2D eigenvalue weighted by Gasteiger charge is -2.42. The SMILES string of the molecule is C=CC(O)C1CCC1CN1CC(c2ccc(Cl)cc2CCC)COc2ccc(C(CC(=O)N(C)C[C@H](C)C=C)C(=O)OC)cc21. The molecular weight excluding hydrogens is 588 g/mol. The van der Waals surface area contributed by atoms with Gasteiger partial charge >= 0.3 is 5.97 Å². The minimum absolute atomic E-state index is 0.00329. The Hall–Kier alpha value is -3.29. The van der Waals surface area contributed by atoms with Crippen LogP contribution in [-0.4, -0.2) is 68.4 Å². The minimum Gasteiger partial charge on any atom is -0.491 e. The highest BCUT2D eigenvalue weighted by Crippen LogP contribution is 2.43. The Morgan fingerprint density at radius 1 is 1.20 bits per heavy atom. The number of hydrogen-bond donors (Lipinski definition) is 1. The van der Waals surface area contributed by atoms with Gasteiger partial charge in [-0.3, -0.25) is 9.59 Å². The molecule has 5 unspecified atom stereocenters. The zero-order chi connectivity index (χ0) is 32.7. The Balaban J connectivity index is 1.70. The lowest BCUT2D eigenvalue weighted by Crippen LogP contribution is -2.43. The minimum atomic E-state index is -0.762. The maximum absolute atomic E-state index is 13.2. The van der Waals surface area contributed by atoms with Gasteiger partial charge in [0.15, 0.2) is 0 Å². The van der Waals surface area contributed by atoms with Crippen LogP contribution in [0.15, 0.2) is 61.7 Å². The van der Waals surface area contributed by atoms with Crippen molar-refractivity contribution in [3.05, 3.63) is 83.4 Å². The number of benzene rings is 2. The topological polar surface area (TPSA) is 79.3 Å². The van der Waals surface area contributed by atoms with Crippen LogP contribution in [0.4, 0.5) is 5.69 Å². The highest BCUT2D eigenvalue weighted by molar-refractivity contribution is 6.30. The summed E-state index contributed by atoms with van der Waals surface area (Å²) in [4.78, 5) is 30.4. The van der Waals surface area contributed by atoms with Crippen LogP contribution in [0.1, 0.15) is 68.1 Å². The number of hydrogen-bond acceptors (Lipinski definition) is 6. The molecule has 0 aromatic heterocycles. The van der Waals surface area contributed by atoms with Crippen LogP contribution in [0.2, 0.25) is 5.02 Å². The summed E-state index contributed by atoms with van der Waals surface area (Å²) < 4.78 is 11.7. The highest BCUT2D eigenvalue weighted by Gasteiger charge is 2.38. The smallest absolute Gasteiger partial charge is 0.313 e. The van der Waals surface area contributed by atoms with Crippen LogP contribution in [0.5, 0.6) is 5.75 Å². The number of carbonyl (C=O) groups is 2. The summed E-state index contributed by atoms with van der Waals surface area (Å²) in [5.74, 6) is 0.0380. The van der Waals surface area contributed by atoms with Gasteiger partial charge in [-0.15, -0.1) is 13.2 Å². The molecule has 1 saturated carbocycles. The Bertz CT molecular complexity index is 1360. The van der Waals surface area contributed by atoms with Gasteiger partial charge in [-0.1, -0.05) is 56.2 Å². The van der Waals surface area contributed by atoms with E-state index in [1.807, 2.05) is 37.3 Å². The van der Waals surface area contributed by atoms with Crippen molar-refractivity contribution in [2.24, 2.45) is 17.8 Å². The second-order valence-corrected chi connectivity index (χ2v) is 13.2. The van der Waals surface area contributed by atoms with E-state index < -0.39 is 18.0 Å². The highest BCUT2D eigenvalue weighted by atomic mass is 35.5. The van der Waals surface area contributed by atoms with E-state index in [-0.39, 0.29) is 36.0 Å². The molecule has 4 rings (SSSR count).